The molecule has 4 aromatic rings. The van der Waals surface area contributed by atoms with Gasteiger partial charge in [-0.25, -0.2) is 8.42 Å². The second kappa shape index (κ2) is 7.03. The summed E-state index contributed by atoms with van der Waals surface area (Å²) < 4.78 is 36.7. The van der Waals surface area contributed by atoms with Crippen LogP contribution in [0.1, 0.15) is 22.5 Å². The molecule has 28 heavy (non-hydrogen) atoms. The van der Waals surface area contributed by atoms with Gasteiger partial charge in [-0.2, -0.15) is 4.98 Å². The molecule has 8 heteroatoms. The van der Waals surface area contributed by atoms with Gasteiger partial charge in [-0.1, -0.05) is 17.3 Å². The van der Waals surface area contributed by atoms with Crippen LogP contribution in [0.4, 0.5) is 0 Å². The quantitative estimate of drug-likeness (QED) is 0.459. The Morgan fingerprint density at radius 1 is 1.04 bits per heavy atom. The fourth-order valence-electron chi connectivity index (χ4n) is 2.93. The van der Waals surface area contributed by atoms with Gasteiger partial charge in [0.1, 0.15) is 11.5 Å². The zero-order valence-electron chi connectivity index (χ0n) is 15.6. The Hall–Kier alpha value is -2.71. The summed E-state index contributed by atoms with van der Waals surface area (Å²) in [6.45, 7) is 5.67. The molecule has 0 aliphatic rings. The summed E-state index contributed by atoms with van der Waals surface area (Å²) in [5.41, 5.74) is 2.73. The van der Waals surface area contributed by atoms with Crippen molar-refractivity contribution in [2.24, 2.45) is 0 Å². The molecule has 3 aromatic heterocycles. The summed E-state index contributed by atoms with van der Waals surface area (Å²) in [7, 11) is -3.54. The molecule has 0 bridgehead atoms. The Morgan fingerprint density at radius 2 is 1.82 bits per heavy atom. The molecule has 4 rings (SSSR count). The van der Waals surface area contributed by atoms with Crippen molar-refractivity contribution < 1.29 is 17.4 Å². The number of rotatable bonds is 5. The van der Waals surface area contributed by atoms with Gasteiger partial charge in [0, 0.05) is 0 Å². The zero-order chi connectivity index (χ0) is 19.9. The number of hydrogen-bond donors (Lipinski definition) is 0. The maximum absolute atomic E-state index is 12.9. The van der Waals surface area contributed by atoms with Crippen LogP contribution >= 0.6 is 11.3 Å². The highest BCUT2D eigenvalue weighted by Crippen LogP contribution is 2.28. The predicted octanol–water partition coefficient (Wildman–Crippen LogP) is 4.96. The van der Waals surface area contributed by atoms with Crippen molar-refractivity contribution in [3.05, 3.63) is 64.2 Å². The van der Waals surface area contributed by atoms with Gasteiger partial charge in [0.05, 0.1) is 9.77 Å². The van der Waals surface area contributed by atoms with Crippen LogP contribution in [0.2, 0.25) is 0 Å². The molecule has 0 spiro atoms. The molecule has 0 aliphatic heterocycles. The maximum Gasteiger partial charge on any atom is 0.293 e. The van der Waals surface area contributed by atoms with Crippen molar-refractivity contribution in [2.45, 2.75) is 31.4 Å². The van der Waals surface area contributed by atoms with E-state index in [1.807, 2.05) is 37.4 Å². The van der Waals surface area contributed by atoms with Gasteiger partial charge in [0.15, 0.2) is 15.6 Å². The van der Waals surface area contributed by atoms with Crippen molar-refractivity contribution in [1.29, 1.82) is 0 Å². The first kappa shape index (κ1) is 18.6. The maximum atomic E-state index is 12.9. The summed E-state index contributed by atoms with van der Waals surface area (Å²) in [5.74, 6) is 1.12. The van der Waals surface area contributed by atoms with Gasteiger partial charge in [-0.15, -0.1) is 11.3 Å². The highest BCUT2D eigenvalue weighted by atomic mass is 32.2. The molecular formula is C20H18N2O4S2. The predicted molar refractivity (Wildman–Crippen MR) is 107 cm³/mol. The molecule has 144 valence electrons. The van der Waals surface area contributed by atoms with E-state index >= 15 is 0 Å². The van der Waals surface area contributed by atoms with Crippen molar-refractivity contribution in [2.75, 3.05) is 0 Å². The van der Waals surface area contributed by atoms with Crippen LogP contribution in [0.25, 0.3) is 22.4 Å². The average Bonchev–Trinajstić information content (AvgIpc) is 3.36. The monoisotopic (exact) mass is 414 g/mol. The fourth-order valence-corrected chi connectivity index (χ4v) is 5.17. The van der Waals surface area contributed by atoms with E-state index in [1.54, 1.807) is 25.1 Å². The van der Waals surface area contributed by atoms with E-state index in [-0.39, 0.29) is 11.6 Å². The second-order valence-electron chi connectivity index (χ2n) is 6.63. The van der Waals surface area contributed by atoms with Crippen LogP contribution in [0.15, 0.2) is 55.6 Å². The van der Waals surface area contributed by atoms with E-state index in [9.17, 15) is 8.42 Å². The third-order valence-electron chi connectivity index (χ3n) is 4.50. The van der Waals surface area contributed by atoms with Crippen LogP contribution in [-0.2, 0) is 15.6 Å². The first-order valence-corrected chi connectivity index (χ1v) is 11.1. The van der Waals surface area contributed by atoms with Gasteiger partial charge >= 0.3 is 0 Å². The number of benzene rings is 1. The van der Waals surface area contributed by atoms with Gasteiger partial charge in [0.25, 0.3) is 5.89 Å². The third-order valence-corrected chi connectivity index (χ3v) is 7.14. The highest BCUT2D eigenvalue weighted by molar-refractivity contribution is 7.90. The Balaban J connectivity index is 1.59. The summed E-state index contributed by atoms with van der Waals surface area (Å²) in [6, 6.07) is 10.7. The number of aryl methyl sites for hydroxylation is 3. The van der Waals surface area contributed by atoms with Crippen LogP contribution in [0.5, 0.6) is 0 Å². The van der Waals surface area contributed by atoms with Gasteiger partial charge < -0.3 is 8.94 Å². The lowest BCUT2D eigenvalue weighted by atomic mass is 10.1. The van der Waals surface area contributed by atoms with E-state index in [0.717, 1.165) is 21.6 Å². The molecule has 0 radical (unpaired) electrons. The van der Waals surface area contributed by atoms with Crippen molar-refractivity contribution in [3.63, 3.8) is 0 Å². The highest BCUT2D eigenvalue weighted by Gasteiger charge is 2.22. The van der Waals surface area contributed by atoms with Gasteiger partial charge in [0.2, 0.25) is 5.82 Å². The minimum atomic E-state index is -3.54. The molecule has 0 aliphatic carbocycles. The van der Waals surface area contributed by atoms with Crippen LogP contribution < -0.4 is 0 Å². The fraction of sp³-hybridized carbons (Fsp3) is 0.200. The first-order chi connectivity index (χ1) is 13.3. The third kappa shape index (κ3) is 3.53. The lowest BCUT2D eigenvalue weighted by molar-refractivity contribution is 0.413. The minimum Gasteiger partial charge on any atom is -0.455 e. The number of nitrogens with zero attached hydrogens (tertiary/aromatic N) is 2. The second-order valence-corrected chi connectivity index (χ2v) is 9.53. The van der Waals surface area contributed by atoms with Crippen LogP contribution in [0, 0.1) is 20.8 Å². The van der Waals surface area contributed by atoms with E-state index in [0.29, 0.717) is 22.2 Å². The van der Waals surface area contributed by atoms with E-state index in [4.69, 9.17) is 8.94 Å². The zero-order valence-corrected chi connectivity index (χ0v) is 17.2. The number of thiophene rings is 1. The van der Waals surface area contributed by atoms with Crippen LogP contribution in [-0.4, -0.2) is 18.6 Å². The summed E-state index contributed by atoms with van der Waals surface area (Å²) >= 11 is 1.50. The number of hydrogen-bond acceptors (Lipinski definition) is 7. The lowest BCUT2D eigenvalue weighted by Crippen LogP contribution is -2.07. The topological polar surface area (TPSA) is 86.2 Å². The Bertz CT molecular complexity index is 1240. The number of aromatic nitrogens is 2. The molecule has 6 nitrogen and oxygen atoms in total. The molecule has 0 amide bonds. The molecule has 1 aromatic carbocycles. The van der Waals surface area contributed by atoms with E-state index in [1.165, 1.54) is 11.3 Å². The van der Waals surface area contributed by atoms with Crippen molar-refractivity contribution >= 4 is 21.2 Å². The number of sulfone groups is 1. The van der Waals surface area contributed by atoms with E-state index < -0.39 is 9.84 Å². The molecule has 0 saturated heterocycles. The summed E-state index contributed by atoms with van der Waals surface area (Å²) in [6.07, 6.45) is 0. The molecule has 0 atom stereocenters. The Labute approximate surface area is 166 Å². The average molecular weight is 415 g/mol. The molecular weight excluding hydrogens is 396 g/mol. The number of furan rings is 1. The van der Waals surface area contributed by atoms with E-state index in [2.05, 4.69) is 10.1 Å². The lowest BCUT2D eigenvalue weighted by Gasteiger charge is -2.10. The molecule has 0 unspecified atom stereocenters. The van der Waals surface area contributed by atoms with Gasteiger partial charge in [-0.05, 0) is 67.1 Å². The largest absolute Gasteiger partial charge is 0.455 e. The first-order valence-electron chi connectivity index (χ1n) is 8.61. The van der Waals surface area contributed by atoms with Gasteiger partial charge in [-0.3, -0.25) is 0 Å². The molecule has 0 N–H and O–H groups in total. The SMILES string of the molecule is Cc1cc(C)c(S(=O)(=O)Cc2ccc(-c3nc(-c4cccs4)no3)o2)cc1C. The molecule has 0 fully saturated rings. The molecule has 0 saturated carbocycles. The summed E-state index contributed by atoms with van der Waals surface area (Å²) in [4.78, 5) is 5.52. The van der Waals surface area contributed by atoms with Crippen molar-refractivity contribution in [1.82, 2.24) is 10.1 Å². The normalized spacial score (nSPS) is 11.8. The standard InChI is InChI=1S/C20H18N2O4S2/c1-12-9-14(3)18(10-13(12)2)28(23,24)11-15-6-7-16(25-15)20-21-19(22-26-20)17-5-4-8-27-17/h4-10H,11H2,1-3H3. The Kier molecular flexibility index (Phi) is 4.68. The smallest absolute Gasteiger partial charge is 0.293 e. The summed E-state index contributed by atoms with van der Waals surface area (Å²) in [5, 5.41) is 5.87. The van der Waals surface area contributed by atoms with Crippen LogP contribution in [0.3, 0.4) is 0 Å². The minimum absolute atomic E-state index is 0.217. The Morgan fingerprint density at radius 3 is 2.57 bits per heavy atom. The van der Waals surface area contributed by atoms with Crippen molar-refractivity contribution in [3.8, 4) is 22.4 Å². The molecule has 3 heterocycles.